The number of methoxy groups -OCH3 is 1. The molecule has 25 heavy (non-hydrogen) atoms. The quantitative estimate of drug-likeness (QED) is 0.760. The van der Waals surface area contributed by atoms with Crippen molar-refractivity contribution < 1.29 is 14.3 Å². The van der Waals surface area contributed by atoms with Gasteiger partial charge in [-0.3, -0.25) is 14.5 Å². The summed E-state index contributed by atoms with van der Waals surface area (Å²) in [5.74, 6) is 0.373. The van der Waals surface area contributed by atoms with Crippen LogP contribution >= 0.6 is 0 Å². The number of hydrogen-bond acceptors (Lipinski definition) is 4. The SMILES string of the molecule is CCN(Cc1ccccc1)C1CC(=O)N(c2ccc(OC)cc2)C1=O. The minimum absolute atomic E-state index is 0.159. The minimum Gasteiger partial charge on any atom is -0.497 e. The predicted molar refractivity (Wildman–Crippen MR) is 96.4 cm³/mol. The van der Waals surface area contributed by atoms with Crippen LogP contribution in [0.4, 0.5) is 5.69 Å². The molecule has 1 aliphatic heterocycles. The van der Waals surface area contributed by atoms with Gasteiger partial charge in [-0.15, -0.1) is 0 Å². The number of carbonyl (C=O) groups is 2. The minimum atomic E-state index is -0.417. The smallest absolute Gasteiger partial charge is 0.251 e. The molecule has 1 heterocycles. The topological polar surface area (TPSA) is 49.9 Å². The second-order valence-electron chi connectivity index (χ2n) is 6.03. The average Bonchev–Trinajstić information content (AvgIpc) is 2.95. The van der Waals surface area contributed by atoms with Crippen molar-refractivity contribution in [2.24, 2.45) is 0 Å². The number of hydrogen-bond donors (Lipinski definition) is 0. The van der Waals surface area contributed by atoms with E-state index in [9.17, 15) is 9.59 Å². The van der Waals surface area contributed by atoms with Gasteiger partial charge in [0.25, 0.3) is 5.91 Å². The molecule has 0 bridgehead atoms. The monoisotopic (exact) mass is 338 g/mol. The molecule has 3 rings (SSSR count). The van der Waals surface area contributed by atoms with E-state index in [1.807, 2.05) is 37.3 Å². The number of likely N-dealkylation sites (N-methyl/N-ethyl adjacent to an activating group) is 1. The summed E-state index contributed by atoms with van der Waals surface area (Å²) in [6.45, 7) is 3.36. The Morgan fingerprint density at radius 3 is 2.36 bits per heavy atom. The number of ether oxygens (including phenoxy) is 1. The third-order valence-electron chi connectivity index (χ3n) is 4.53. The van der Waals surface area contributed by atoms with Gasteiger partial charge in [0, 0.05) is 6.54 Å². The van der Waals surface area contributed by atoms with E-state index in [0.717, 1.165) is 5.56 Å². The van der Waals surface area contributed by atoms with Crippen molar-refractivity contribution in [1.82, 2.24) is 4.90 Å². The largest absolute Gasteiger partial charge is 0.497 e. The second-order valence-corrected chi connectivity index (χ2v) is 6.03. The fourth-order valence-electron chi connectivity index (χ4n) is 3.16. The third kappa shape index (κ3) is 3.56. The van der Waals surface area contributed by atoms with Gasteiger partial charge in [-0.05, 0) is 36.4 Å². The molecule has 2 amide bonds. The average molecular weight is 338 g/mol. The lowest BCUT2D eigenvalue weighted by atomic mass is 10.1. The van der Waals surface area contributed by atoms with Crippen LogP contribution in [0.5, 0.6) is 5.75 Å². The summed E-state index contributed by atoms with van der Waals surface area (Å²) in [4.78, 5) is 28.7. The van der Waals surface area contributed by atoms with Crippen molar-refractivity contribution in [2.45, 2.75) is 25.9 Å². The number of imide groups is 1. The van der Waals surface area contributed by atoms with E-state index < -0.39 is 6.04 Å². The van der Waals surface area contributed by atoms with Crippen LogP contribution < -0.4 is 9.64 Å². The van der Waals surface area contributed by atoms with Crippen molar-refractivity contribution in [3.8, 4) is 5.75 Å². The summed E-state index contributed by atoms with van der Waals surface area (Å²) < 4.78 is 5.13. The molecule has 0 N–H and O–H groups in total. The van der Waals surface area contributed by atoms with Crippen LogP contribution in [-0.4, -0.2) is 36.4 Å². The van der Waals surface area contributed by atoms with Gasteiger partial charge >= 0.3 is 0 Å². The van der Waals surface area contributed by atoms with Crippen LogP contribution in [0.25, 0.3) is 0 Å². The molecule has 5 heteroatoms. The van der Waals surface area contributed by atoms with Crippen LogP contribution in [0.15, 0.2) is 54.6 Å². The Labute approximate surface area is 147 Å². The van der Waals surface area contributed by atoms with Crippen LogP contribution in [0.1, 0.15) is 18.9 Å². The number of benzene rings is 2. The number of rotatable bonds is 6. The molecule has 1 atom stereocenters. The maximum Gasteiger partial charge on any atom is 0.251 e. The van der Waals surface area contributed by atoms with Gasteiger partial charge in [0.05, 0.1) is 25.3 Å². The van der Waals surface area contributed by atoms with Crippen molar-refractivity contribution in [2.75, 3.05) is 18.6 Å². The molecular formula is C20H22N2O3. The summed E-state index contributed by atoms with van der Waals surface area (Å²) in [6, 6.07) is 16.6. The van der Waals surface area contributed by atoms with Gasteiger partial charge in [0.15, 0.2) is 0 Å². The maximum atomic E-state index is 12.9. The Bertz CT molecular complexity index is 743. The molecule has 0 radical (unpaired) electrons. The van der Waals surface area contributed by atoms with E-state index in [0.29, 0.717) is 24.5 Å². The molecule has 0 aromatic heterocycles. The molecule has 0 aliphatic carbocycles. The summed E-state index contributed by atoms with van der Waals surface area (Å²) in [7, 11) is 1.58. The van der Waals surface area contributed by atoms with E-state index >= 15 is 0 Å². The molecular weight excluding hydrogens is 316 g/mol. The van der Waals surface area contributed by atoms with E-state index in [1.165, 1.54) is 4.90 Å². The Balaban J connectivity index is 1.79. The Morgan fingerprint density at radius 1 is 1.08 bits per heavy atom. The zero-order valence-corrected chi connectivity index (χ0v) is 14.5. The molecule has 1 unspecified atom stereocenters. The summed E-state index contributed by atoms with van der Waals surface area (Å²) in [5.41, 5.74) is 1.72. The first-order valence-electron chi connectivity index (χ1n) is 8.43. The van der Waals surface area contributed by atoms with Gasteiger partial charge < -0.3 is 4.74 Å². The fraction of sp³-hybridized carbons (Fsp3) is 0.300. The lowest BCUT2D eigenvalue weighted by molar-refractivity contribution is -0.123. The number of nitrogens with zero attached hydrogens (tertiary/aromatic N) is 2. The van der Waals surface area contributed by atoms with E-state index in [1.54, 1.807) is 31.4 Å². The number of amides is 2. The lowest BCUT2D eigenvalue weighted by Crippen LogP contribution is -2.41. The van der Waals surface area contributed by atoms with Crippen molar-refractivity contribution in [1.29, 1.82) is 0 Å². The van der Waals surface area contributed by atoms with Crippen molar-refractivity contribution in [3.05, 3.63) is 60.2 Å². The van der Waals surface area contributed by atoms with Crippen molar-refractivity contribution in [3.63, 3.8) is 0 Å². The van der Waals surface area contributed by atoms with Crippen LogP contribution in [0.3, 0.4) is 0 Å². The molecule has 0 saturated carbocycles. The highest BCUT2D eigenvalue weighted by atomic mass is 16.5. The zero-order chi connectivity index (χ0) is 17.8. The fourth-order valence-corrected chi connectivity index (χ4v) is 3.16. The normalized spacial score (nSPS) is 17.4. The summed E-state index contributed by atoms with van der Waals surface area (Å²) in [5, 5.41) is 0. The molecule has 1 fully saturated rings. The lowest BCUT2D eigenvalue weighted by Gasteiger charge is -2.26. The third-order valence-corrected chi connectivity index (χ3v) is 4.53. The van der Waals surface area contributed by atoms with Crippen molar-refractivity contribution >= 4 is 17.5 Å². The Hall–Kier alpha value is -2.66. The number of carbonyl (C=O) groups excluding carboxylic acids is 2. The first-order valence-corrected chi connectivity index (χ1v) is 8.43. The summed E-state index contributed by atoms with van der Waals surface area (Å²) in [6.07, 6.45) is 0.214. The first kappa shape index (κ1) is 17.2. The Kier molecular flexibility index (Phi) is 5.14. The molecule has 1 saturated heterocycles. The second kappa shape index (κ2) is 7.49. The first-order chi connectivity index (χ1) is 12.1. The molecule has 5 nitrogen and oxygen atoms in total. The molecule has 2 aromatic carbocycles. The molecule has 130 valence electrons. The molecule has 0 spiro atoms. The van der Waals surface area contributed by atoms with Gasteiger partial charge in [0.1, 0.15) is 5.75 Å². The highest BCUT2D eigenvalue weighted by Gasteiger charge is 2.42. The standard InChI is InChI=1S/C20H22N2O3/c1-3-21(14-15-7-5-4-6-8-15)18-13-19(23)22(20(18)24)16-9-11-17(25-2)12-10-16/h4-12,18H,3,13-14H2,1-2H3. The highest BCUT2D eigenvalue weighted by molar-refractivity contribution is 6.22. The van der Waals surface area contributed by atoms with Crippen LogP contribution in [0.2, 0.25) is 0 Å². The predicted octanol–water partition coefficient (Wildman–Crippen LogP) is 2.85. The molecule has 2 aromatic rings. The Morgan fingerprint density at radius 2 is 1.76 bits per heavy atom. The van der Waals surface area contributed by atoms with Gasteiger partial charge in [-0.25, -0.2) is 4.90 Å². The van der Waals surface area contributed by atoms with E-state index in [4.69, 9.17) is 4.74 Å². The highest BCUT2D eigenvalue weighted by Crippen LogP contribution is 2.28. The van der Waals surface area contributed by atoms with Gasteiger partial charge in [-0.1, -0.05) is 37.3 Å². The van der Waals surface area contributed by atoms with Crippen LogP contribution in [-0.2, 0) is 16.1 Å². The van der Waals surface area contributed by atoms with E-state index in [-0.39, 0.29) is 18.2 Å². The maximum absolute atomic E-state index is 12.9. The zero-order valence-electron chi connectivity index (χ0n) is 14.5. The van der Waals surface area contributed by atoms with Gasteiger partial charge in [0.2, 0.25) is 5.91 Å². The van der Waals surface area contributed by atoms with E-state index in [2.05, 4.69) is 4.90 Å². The molecule has 1 aliphatic rings. The summed E-state index contributed by atoms with van der Waals surface area (Å²) >= 11 is 0. The number of anilines is 1. The van der Waals surface area contributed by atoms with Crippen LogP contribution in [0, 0.1) is 0 Å². The van der Waals surface area contributed by atoms with Gasteiger partial charge in [-0.2, -0.15) is 0 Å².